The fourth-order valence-electron chi connectivity index (χ4n) is 4.86. The first-order chi connectivity index (χ1) is 20.2. The van der Waals surface area contributed by atoms with Gasteiger partial charge in [-0.25, -0.2) is 14.8 Å². The average molecular weight is 577 g/mol. The number of allylic oxidation sites excluding steroid dienone is 1. The summed E-state index contributed by atoms with van der Waals surface area (Å²) in [4.78, 5) is 28.6. The van der Waals surface area contributed by atoms with Crippen molar-refractivity contribution in [1.82, 2.24) is 0 Å². The Hall–Kier alpha value is -4.84. The second kappa shape index (κ2) is 12.8. The molecule has 3 aromatic rings. The summed E-state index contributed by atoms with van der Waals surface area (Å²) in [5, 5.41) is 21.5. The highest BCUT2D eigenvalue weighted by Gasteiger charge is 2.41. The molecule has 4 rings (SSSR count). The molecule has 0 bridgehead atoms. The van der Waals surface area contributed by atoms with E-state index in [1.54, 1.807) is 30.3 Å². The van der Waals surface area contributed by atoms with Gasteiger partial charge in [-0.2, -0.15) is 5.23 Å². The van der Waals surface area contributed by atoms with E-state index in [0.29, 0.717) is 34.1 Å². The largest absolute Gasteiger partial charge is 0.595 e. The van der Waals surface area contributed by atoms with Gasteiger partial charge in [0.15, 0.2) is 5.69 Å². The quantitative estimate of drug-likeness (QED) is 0.287. The Balaban J connectivity index is 2.15. The first-order valence-electron chi connectivity index (χ1n) is 12.8. The molecule has 0 aromatic heterocycles. The zero-order valence-corrected chi connectivity index (χ0v) is 24.1. The minimum atomic E-state index is -1.27. The number of aryl methyl sites for hydroxylation is 1. The first kappa shape index (κ1) is 30.1. The maximum Gasteiger partial charge on any atom is 0.355 e. The number of nitrogens with one attached hydrogen (secondary N) is 1. The Labute approximate surface area is 243 Å². The molecule has 0 aliphatic carbocycles. The van der Waals surface area contributed by atoms with E-state index < -0.39 is 23.1 Å². The van der Waals surface area contributed by atoms with E-state index >= 15 is 0 Å². The van der Waals surface area contributed by atoms with E-state index in [1.807, 2.05) is 31.2 Å². The fourth-order valence-corrected chi connectivity index (χ4v) is 4.86. The number of carbonyl (C=O) groups is 2. The number of esters is 2. The van der Waals surface area contributed by atoms with Gasteiger partial charge in [-0.1, -0.05) is 35.9 Å². The Kier molecular flexibility index (Phi) is 9.16. The SMILES string of the molecule is COC(=O)C1=C(C(=O)OC)N(c2ccc(OC)cc2[NH+]([O-])O)C(c2ccc(C)cc2)=CC1c1ccc(OC)cc1OC. The van der Waals surface area contributed by atoms with Crippen molar-refractivity contribution >= 4 is 29.0 Å². The Morgan fingerprint density at radius 2 is 1.45 bits per heavy atom. The van der Waals surface area contributed by atoms with Crippen molar-refractivity contribution < 1.29 is 43.7 Å². The molecule has 11 nitrogen and oxygen atoms in total. The van der Waals surface area contributed by atoms with E-state index in [9.17, 15) is 20.0 Å². The second-order valence-corrected chi connectivity index (χ2v) is 9.27. The van der Waals surface area contributed by atoms with Gasteiger partial charge in [0.05, 0.1) is 46.8 Å². The first-order valence-corrected chi connectivity index (χ1v) is 12.8. The Morgan fingerprint density at radius 3 is 2.02 bits per heavy atom. The van der Waals surface area contributed by atoms with Crippen LogP contribution in [0.25, 0.3) is 5.70 Å². The monoisotopic (exact) mass is 576 g/mol. The molecule has 220 valence electrons. The molecular formula is C31H32N2O9. The lowest BCUT2D eigenvalue weighted by Crippen LogP contribution is -2.99. The third-order valence-electron chi connectivity index (χ3n) is 6.94. The van der Waals surface area contributed by atoms with Crippen LogP contribution in [0.15, 0.2) is 78.0 Å². The molecule has 2 atom stereocenters. The van der Waals surface area contributed by atoms with Crippen LogP contribution in [0.2, 0.25) is 0 Å². The highest BCUT2D eigenvalue weighted by Crippen LogP contribution is 2.47. The van der Waals surface area contributed by atoms with Crippen LogP contribution in [0.4, 0.5) is 11.4 Å². The van der Waals surface area contributed by atoms with Crippen molar-refractivity contribution in [2.45, 2.75) is 12.8 Å². The lowest BCUT2D eigenvalue weighted by molar-refractivity contribution is -0.990. The fraction of sp³-hybridized carbons (Fsp3) is 0.226. The van der Waals surface area contributed by atoms with Crippen LogP contribution in [0.1, 0.15) is 22.6 Å². The van der Waals surface area contributed by atoms with Crippen molar-refractivity contribution in [2.24, 2.45) is 0 Å². The van der Waals surface area contributed by atoms with Crippen molar-refractivity contribution in [3.8, 4) is 17.2 Å². The van der Waals surface area contributed by atoms with Gasteiger partial charge >= 0.3 is 11.9 Å². The van der Waals surface area contributed by atoms with Crippen LogP contribution in [-0.2, 0) is 19.1 Å². The summed E-state index contributed by atoms with van der Waals surface area (Å²) in [6.07, 6.45) is 1.77. The predicted octanol–water partition coefficient (Wildman–Crippen LogP) is 3.67. The van der Waals surface area contributed by atoms with E-state index in [1.165, 1.54) is 52.6 Å². The minimum Gasteiger partial charge on any atom is -0.595 e. The van der Waals surface area contributed by atoms with Crippen LogP contribution in [0, 0.1) is 12.1 Å². The van der Waals surface area contributed by atoms with E-state index in [-0.39, 0.29) is 22.6 Å². The number of benzene rings is 3. The van der Waals surface area contributed by atoms with Gasteiger partial charge in [-0.3, -0.25) is 4.90 Å². The zero-order valence-electron chi connectivity index (χ0n) is 24.1. The Morgan fingerprint density at radius 1 is 0.833 bits per heavy atom. The molecule has 0 saturated heterocycles. The molecule has 0 spiro atoms. The summed E-state index contributed by atoms with van der Waals surface area (Å²) < 4.78 is 26.7. The number of anilines is 1. The van der Waals surface area contributed by atoms with Crippen LogP contribution in [0.5, 0.6) is 17.2 Å². The smallest absolute Gasteiger partial charge is 0.355 e. The molecule has 1 heterocycles. The molecular weight excluding hydrogens is 544 g/mol. The molecule has 2 N–H and O–H groups in total. The number of hydrogen-bond donors (Lipinski definition) is 2. The van der Waals surface area contributed by atoms with Gasteiger partial charge in [-0.05, 0) is 36.8 Å². The molecule has 0 fully saturated rings. The molecule has 1 aliphatic rings. The van der Waals surface area contributed by atoms with E-state index in [4.69, 9.17) is 23.7 Å². The summed E-state index contributed by atoms with van der Waals surface area (Å²) in [5.41, 5.74) is 2.26. The average Bonchev–Trinajstić information content (AvgIpc) is 3.02. The van der Waals surface area contributed by atoms with Gasteiger partial charge in [0.2, 0.25) is 0 Å². The number of hydrogen-bond acceptors (Lipinski definition) is 10. The van der Waals surface area contributed by atoms with Gasteiger partial charge in [0, 0.05) is 23.6 Å². The van der Waals surface area contributed by atoms with Gasteiger partial charge < -0.3 is 28.9 Å². The number of ether oxygens (including phenoxy) is 5. The standard InChI is InChI=1S/C31H32N2O9/c1-18-7-9-19(10-8-18)25-17-23(22-13-11-21(39-3)16-27(22)40-4)28(30(34)41-5)29(31(35)42-6)32(25)24-14-12-20(38-2)15-26(24)33(36)37/h7-17,23,33,36H,1-6H3. The molecule has 42 heavy (non-hydrogen) atoms. The van der Waals surface area contributed by atoms with Gasteiger partial charge in [0.25, 0.3) is 0 Å². The minimum absolute atomic E-state index is 0.0733. The maximum absolute atomic E-state index is 13.7. The third-order valence-corrected chi connectivity index (χ3v) is 6.94. The number of carbonyl (C=O) groups excluding carboxylic acids is 2. The normalized spacial score (nSPS) is 15.5. The molecule has 0 amide bonds. The summed E-state index contributed by atoms with van der Waals surface area (Å²) in [7, 11) is 6.80. The Bertz CT molecular complexity index is 1540. The number of methoxy groups -OCH3 is 5. The lowest BCUT2D eigenvalue weighted by atomic mass is 9.83. The highest BCUT2D eigenvalue weighted by molar-refractivity contribution is 6.10. The summed E-state index contributed by atoms with van der Waals surface area (Å²) >= 11 is 0. The second-order valence-electron chi connectivity index (χ2n) is 9.27. The zero-order chi connectivity index (χ0) is 30.6. The molecule has 0 radical (unpaired) electrons. The predicted molar refractivity (Wildman–Crippen MR) is 154 cm³/mol. The van der Waals surface area contributed by atoms with Crippen LogP contribution in [-0.4, -0.2) is 52.7 Å². The summed E-state index contributed by atoms with van der Waals surface area (Å²) in [5.74, 6) is -1.34. The van der Waals surface area contributed by atoms with Crippen LogP contribution >= 0.6 is 0 Å². The van der Waals surface area contributed by atoms with Crippen molar-refractivity contribution in [2.75, 3.05) is 40.4 Å². The number of rotatable bonds is 9. The van der Waals surface area contributed by atoms with Gasteiger partial charge in [0.1, 0.15) is 28.6 Å². The highest BCUT2D eigenvalue weighted by atomic mass is 16.8. The molecule has 2 unspecified atom stereocenters. The number of nitrogens with zero attached hydrogens (tertiary/aromatic N) is 1. The summed E-state index contributed by atoms with van der Waals surface area (Å²) in [6.45, 7) is 1.93. The molecule has 3 aromatic carbocycles. The van der Waals surface area contributed by atoms with E-state index in [2.05, 4.69) is 0 Å². The summed E-state index contributed by atoms with van der Waals surface area (Å²) in [6, 6.07) is 17.0. The molecule has 1 aliphatic heterocycles. The third kappa shape index (κ3) is 5.66. The van der Waals surface area contributed by atoms with Crippen molar-refractivity contribution in [1.29, 1.82) is 0 Å². The van der Waals surface area contributed by atoms with E-state index in [0.717, 1.165) is 5.56 Å². The van der Waals surface area contributed by atoms with Crippen LogP contribution in [0.3, 0.4) is 0 Å². The molecule has 11 heteroatoms. The van der Waals surface area contributed by atoms with Crippen LogP contribution < -0.4 is 24.3 Å². The molecule has 0 saturated carbocycles. The van der Waals surface area contributed by atoms with Crippen molar-refractivity contribution in [3.63, 3.8) is 0 Å². The van der Waals surface area contributed by atoms with Gasteiger partial charge in [-0.15, -0.1) is 0 Å². The number of quaternary nitrogens is 1. The lowest BCUT2D eigenvalue weighted by Gasteiger charge is -2.37. The van der Waals surface area contributed by atoms with Crippen molar-refractivity contribution in [3.05, 3.63) is 99.9 Å². The maximum atomic E-state index is 13.7. The topological polar surface area (TPSA) is 131 Å².